The van der Waals surface area contributed by atoms with Crippen LogP contribution in [0.3, 0.4) is 0 Å². The molecule has 0 heterocycles. The van der Waals surface area contributed by atoms with Crippen molar-refractivity contribution in [2.24, 2.45) is 0 Å². The maximum absolute atomic E-state index is 12.8. The van der Waals surface area contributed by atoms with Gasteiger partial charge >= 0.3 is 0 Å². The Morgan fingerprint density at radius 2 is 2.23 bits per heavy atom. The number of rotatable bonds is 2. The van der Waals surface area contributed by atoms with Gasteiger partial charge in [0.25, 0.3) is 0 Å². The van der Waals surface area contributed by atoms with Gasteiger partial charge in [-0.2, -0.15) is 0 Å². The second-order valence-electron chi connectivity index (χ2n) is 2.93. The maximum Gasteiger partial charge on any atom is 0.123 e. The minimum atomic E-state index is -0.309. The van der Waals surface area contributed by atoms with E-state index < -0.39 is 0 Å². The third kappa shape index (κ3) is 2.16. The minimum Gasteiger partial charge on any atom is -0.392 e. The number of allylic oxidation sites excluding steroid dienone is 2. The van der Waals surface area contributed by atoms with E-state index >= 15 is 0 Å². The van der Waals surface area contributed by atoms with Crippen LogP contribution < -0.4 is 0 Å². The summed E-state index contributed by atoms with van der Waals surface area (Å²) >= 11 is 0. The van der Waals surface area contributed by atoms with Crippen molar-refractivity contribution in [3.05, 3.63) is 41.2 Å². The van der Waals surface area contributed by atoms with Gasteiger partial charge in [-0.25, -0.2) is 4.39 Å². The van der Waals surface area contributed by atoms with Crippen molar-refractivity contribution >= 4 is 5.57 Å². The molecule has 1 N–H and O–H groups in total. The summed E-state index contributed by atoms with van der Waals surface area (Å²) < 4.78 is 12.8. The highest BCUT2D eigenvalue weighted by Crippen LogP contribution is 2.19. The molecule has 0 aliphatic carbocycles. The standard InChI is InChI=1S/C11H13FO/c1-3-8(2)11-5-4-10(12)6-9(11)7-13/h3-6,13H,7H2,1-2H3/b8-3+. The van der Waals surface area contributed by atoms with Crippen LogP contribution in [0.4, 0.5) is 4.39 Å². The Hall–Kier alpha value is -1.15. The third-order valence-electron chi connectivity index (χ3n) is 2.10. The Labute approximate surface area is 77.5 Å². The molecule has 0 radical (unpaired) electrons. The molecule has 0 saturated heterocycles. The van der Waals surface area contributed by atoms with E-state index in [0.717, 1.165) is 11.1 Å². The molecule has 0 aromatic heterocycles. The summed E-state index contributed by atoms with van der Waals surface area (Å²) in [6.45, 7) is 3.73. The predicted octanol–water partition coefficient (Wildman–Crippen LogP) is 2.74. The Balaban J connectivity index is 3.21. The monoisotopic (exact) mass is 180 g/mol. The molecule has 1 aromatic rings. The molecular formula is C11H13FO. The molecule has 0 aliphatic heterocycles. The van der Waals surface area contributed by atoms with Crippen molar-refractivity contribution in [2.45, 2.75) is 20.5 Å². The number of benzene rings is 1. The molecule has 0 amide bonds. The molecule has 0 fully saturated rings. The summed E-state index contributed by atoms with van der Waals surface area (Å²) in [7, 11) is 0. The first-order valence-corrected chi connectivity index (χ1v) is 4.21. The quantitative estimate of drug-likeness (QED) is 0.742. The molecule has 1 rings (SSSR count). The average Bonchev–Trinajstić information content (AvgIpc) is 2.16. The van der Waals surface area contributed by atoms with Gasteiger partial charge in [0, 0.05) is 0 Å². The van der Waals surface area contributed by atoms with Gasteiger partial charge in [0.05, 0.1) is 6.61 Å². The molecule has 0 aliphatic rings. The second kappa shape index (κ2) is 4.19. The lowest BCUT2D eigenvalue weighted by Crippen LogP contribution is -1.92. The Bertz CT molecular complexity index is 329. The van der Waals surface area contributed by atoms with Crippen LogP contribution in [-0.2, 0) is 6.61 Å². The van der Waals surface area contributed by atoms with Crippen LogP contribution in [0.1, 0.15) is 25.0 Å². The van der Waals surface area contributed by atoms with Crippen LogP contribution in [0.5, 0.6) is 0 Å². The van der Waals surface area contributed by atoms with Gasteiger partial charge < -0.3 is 5.11 Å². The van der Waals surface area contributed by atoms with Gasteiger partial charge in [-0.15, -0.1) is 0 Å². The lowest BCUT2D eigenvalue weighted by atomic mass is 10.0. The van der Waals surface area contributed by atoms with Crippen LogP contribution in [0.25, 0.3) is 5.57 Å². The van der Waals surface area contributed by atoms with Crippen LogP contribution in [0.2, 0.25) is 0 Å². The van der Waals surface area contributed by atoms with E-state index in [2.05, 4.69) is 0 Å². The summed E-state index contributed by atoms with van der Waals surface area (Å²) in [5.74, 6) is -0.309. The predicted molar refractivity (Wildman–Crippen MR) is 51.6 cm³/mol. The molecule has 1 nitrogen and oxygen atoms in total. The summed E-state index contributed by atoms with van der Waals surface area (Å²) in [5.41, 5.74) is 2.59. The molecule has 0 unspecified atom stereocenters. The van der Waals surface area contributed by atoms with Gasteiger partial charge in [-0.05, 0) is 42.7 Å². The van der Waals surface area contributed by atoms with Crippen LogP contribution in [0, 0.1) is 5.82 Å². The maximum atomic E-state index is 12.8. The number of hydrogen-bond acceptors (Lipinski definition) is 1. The van der Waals surface area contributed by atoms with E-state index in [4.69, 9.17) is 5.11 Å². The van der Waals surface area contributed by atoms with Crippen molar-refractivity contribution in [2.75, 3.05) is 0 Å². The van der Waals surface area contributed by atoms with Gasteiger partial charge in [0.1, 0.15) is 5.82 Å². The Kier molecular flexibility index (Phi) is 3.20. The first-order valence-electron chi connectivity index (χ1n) is 4.21. The molecule has 0 bridgehead atoms. The fraction of sp³-hybridized carbons (Fsp3) is 0.273. The van der Waals surface area contributed by atoms with Crippen molar-refractivity contribution < 1.29 is 9.50 Å². The van der Waals surface area contributed by atoms with E-state index in [1.165, 1.54) is 12.1 Å². The van der Waals surface area contributed by atoms with Gasteiger partial charge in [0.2, 0.25) is 0 Å². The number of aliphatic hydroxyl groups excluding tert-OH is 1. The molecule has 2 heteroatoms. The summed E-state index contributed by atoms with van der Waals surface area (Å²) in [6, 6.07) is 4.46. The van der Waals surface area contributed by atoms with Crippen LogP contribution in [-0.4, -0.2) is 5.11 Å². The molecule has 0 spiro atoms. The number of hydrogen-bond donors (Lipinski definition) is 1. The SMILES string of the molecule is C/C=C(\C)c1ccc(F)cc1CO. The average molecular weight is 180 g/mol. The third-order valence-corrected chi connectivity index (χ3v) is 2.10. The molecular weight excluding hydrogens is 167 g/mol. The zero-order chi connectivity index (χ0) is 9.84. The highest BCUT2D eigenvalue weighted by Gasteiger charge is 2.03. The zero-order valence-electron chi connectivity index (χ0n) is 7.84. The van der Waals surface area contributed by atoms with Crippen molar-refractivity contribution in [1.29, 1.82) is 0 Å². The van der Waals surface area contributed by atoms with Gasteiger partial charge in [0.15, 0.2) is 0 Å². The van der Waals surface area contributed by atoms with Crippen molar-refractivity contribution in [3.8, 4) is 0 Å². The molecule has 1 aromatic carbocycles. The Morgan fingerprint density at radius 1 is 1.54 bits per heavy atom. The molecule has 0 saturated carbocycles. The summed E-state index contributed by atoms with van der Waals surface area (Å²) in [5, 5.41) is 8.99. The van der Waals surface area contributed by atoms with E-state index in [-0.39, 0.29) is 12.4 Å². The van der Waals surface area contributed by atoms with E-state index in [9.17, 15) is 4.39 Å². The highest BCUT2D eigenvalue weighted by atomic mass is 19.1. The van der Waals surface area contributed by atoms with Crippen LogP contribution >= 0.6 is 0 Å². The first kappa shape index (κ1) is 9.93. The first-order chi connectivity index (χ1) is 6.19. The smallest absolute Gasteiger partial charge is 0.123 e. The fourth-order valence-corrected chi connectivity index (χ4v) is 1.23. The topological polar surface area (TPSA) is 20.2 Å². The summed E-state index contributed by atoms with van der Waals surface area (Å²) in [4.78, 5) is 0. The number of aliphatic hydroxyl groups is 1. The minimum absolute atomic E-state index is 0.127. The zero-order valence-corrected chi connectivity index (χ0v) is 7.84. The van der Waals surface area contributed by atoms with E-state index in [0.29, 0.717) is 5.56 Å². The normalized spacial score (nSPS) is 11.8. The van der Waals surface area contributed by atoms with Crippen LogP contribution in [0.15, 0.2) is 24.3 Å². The summed E-state index contributed by atoms with van der Waals surface area (Å²) in [6.07, 6.45) is 1.94. The van der Waals surface area contributed by atoms with Crippen molar-refractivity contribution in [3.63, 3.8) is 0 Å². The molecule has 70 valence electrons. The van der Waals surface area contributed by atoms with Gasteiger partial charge in [-0.1, -0.05) is 12.1 Å². The number of halogens is 1. The van der Waals surface area contributed by atoms with E-state index in [1.807, 2.05) is 19.9 Å². The lowest BCUT2D eigenvalue weighted by molar-refractivity contribution is 0.281. The van der Waals surface area contributed by atoms with Crippen molar-refractivity contribution in [1.82, 2.24) is 0 Å². The lowest BCUT2D eigenvalue weighted by Gasteiger charge is -2.07. The molecule has 13 heavy (non-hydrogen) atoms. The van der Waals surface area contributed by atoms with E-state index in [1.54, 1.807) is 6.07 Å². The van der Waals surface area contributed by atoms with Gasteiger partial charge in [-0.3, -0.25) is 0 Å². The Morgan fingerprint density at radius 3 is 2.77 bits per heavy atom. The second-order valence-corrected chi connectivity index (χ2v) is 2.93. The largest absolute Gasteiger partial charge is 0.392 e. The molecule has 0 atom stereocenters. The fourth-order valence-electron chi connectivity index (χ4n) is 1.23. The highest BCUT2D eigenvalue weighted by molar-refractivity contribution is 5.66.